The van der Waals surface area contributed by atoms with Crippen LogP contribution in [-0.4, -0.2) is 6.54 Å². The first-order chi connectivity index (χ1) is 4.41. The minimum Gasteiger partial charge on any atom is -0.330 e. The van der Waals surface area contributed by atoms with Crippen molar-refractivity contribution in [2.75, 3.05) is 6.54 Å². The average molecular weight is 143 g/mol. The molecule has 0 heterocycles. The van der Waals surface area contributed by atoms with Crippen LogP contribution in [0.15, 0.2) is 0 Å². The fourth-order valence-corrected chi connectivity index (χ4v) is 0.925. The standard InChI is InChI=1S/C8H19N.N/c1-2-3-4-5-6-7-8-9;/h2-9H2,1H3;. The zero-order valence-electron chi connectivity index (χ0n) is 6.97. The van der Waals surface area contributed by atoms with Crippen molar-refractivity contribution in [3.63, 3.8) is 0 Å². The molecule has 0 aromatic carbocycles. The Hall–Kier alpha value is -0.0800. The first-order valence-corrected chi connectivity index (χ1v) is 4.12. The molecule has 61 valence electrons. The van der Waals surface area contributed by atoms with Crippen molar-refractivity contribution in [1.82, 2.24) is 6.15 Å². The number of unbranched alkanes of at least 4 members (excludes halogenated alkanes) is 5. The van der Waals surface area contributed by atoms with E-state index in [4.69, 9.17) is 5.73 Å². The van der Waals surface area contributed by atoms with Crippen LogP contribution in [0, 0.1) is 0 Å². The summed E-state index contributed by atoms with van der Waals surface area (Å²) in [6.07, 6.45) is 8.05. The van der Waals surface area contributed by atoms with Gasteiger partial charge in [0.05, 0.1) is 0 Å². The van der Waals surface area contributed by atoms with Crippen LogP contribution >= 0.6 is 0 Å². The Morgan fingerprint density at radius 1 is 0.900 bits per heavy atom. The van der Waals surface area contributed by atoms with Gasteiger partial charge in [-0.15, -0.1) is 0 Å². The zero-order chi connectivity index (χ0) is 6.95. The van der Waals surface area contributed by atoms with Gasteiger partial charge in [-0.1, -0.05) is 39.0 Å². The molecule has 0 spiro atoms. The second kappa shape index (κ2) is 11.7. The third-order valence-electron chi connectivity index (χ3n) is 1.56. The number of rotatable bonds is 6. The van der Waals surface area contributed by atoms with Gasteiger partial charge in [-0.3, -0.25) is 0 Å². The van der Waals surface area contributed by atoms with Gasteiger partial charge in [0, 0.05) is 6.15 Å². The van der Waals surface area contributed by atoms with Gasteiger partial charge in [0.2, 0.25) is 0 Å². The fourth-order valence-electron chi connectivity index (χ4n) is 0.925. The van der Waals surface area contributed by atoms with Gasteiger partial charge >= 0.3 is 0 Å². The molecule has 2 nitrogen and oxygen atoms in total. The Labute approximate surface area is 64.8 Å². The second-order valence-electron chi connectivity index (χ2n) is 2.56. The molecule has 2 N–H and O–H groups in total. The molecule has 0 aliphatic carbocycles. The van der Waals surface area contributed by atoms with Crippen molar-refractivity contribution >= 4 is 0 Å². The first-order valence-electron chi connectivity index (χ1n) is 4.12. The Morgan fingerprint density at radius 3 is 1.90 bits per heavy atom. The monoisotopic (exact) mass is 143 g/mol. The summed E-state index contributed by atoms with van der Waals surface area (Å²) in [4.78, 5) is 0. The minimum absolute atomic E-state index is 0. The maximum absolute atomic E-state index is 5.34. The number of nitrogens with two attached hydrogens (primary N) is 1. The molecule has 0 atom stereocenters. The molecule has 0 bridgehead atoms. The molecule has 2 heteroatoms. The highest BCUT2D eigenvalue weighted by Crippen LogP contribution is 2.03. The molecule has 0 saturated carbocycles. The van der Waals surface area contributed by atoms with E-state index in [1.54, 1.807) is 0 Å². The van der Waals surface area contributed by atoms with E-state index >= 15 is 0 Å². The van der Waals surface area contributed by atoms with Gasteiger partial charge in [-0.2, -0.15) is 0 Å². The Morgan fingerprint density at radius 2 is 1.40 bits per heavy atom. The van der Waals surface area contributed by atoms with Crippen molar-refractivity contribution in [2.45, 2.75) is 45.4 Å². The van der Waals surface area contributed by atoms with Crippen molar-refractivity contribution < 1.29 is 0 Å². The summed E-state index contributed by atoms with van der Waals surface area (Å²) in [6.45, 7) is 3.11. The van der Waals surface area contributed by atoms with E-state index in [9.17, 15) is 0 Å². The largest absolute Gasteiger partial charge is 0.330 e. The van der Waals surface area contributed by atoms with Gasteiger partial charge in [-0.25, -0.2) is 0 Å². The topological polar surface area (TPSA) is 56.5 Å². The Bertz CT molecular complexity index is 40.5. The lowest BCUT2D eigenvalue weighted by Crippen LogP contribution is -1.97. The SMILES string of the molecule is CCCCCCCCN.[N]. The molecule has 0 fully saturated rings. The summed E-state index contributed by atoms with van der Waals surface area (Å²) in [7, 11) is 0. The van der Waals surface area contributed by atoms with E-state index in [-0.39, 0.29) is 6.15 Å². The molecule has 0 saturated heterocycles. The average Bonchev–Trinajstić information content (AvgIpc) is 1.89. The highest BCUT2D eigenvalue weighted by molar-refractivity contribution is 4.43. The molecule has 0 rings (SSSR count). The molecule has 3 radical (unpaired) electrons. The lowest BCUT2D eigenvalue weighted by Gasteiger charge is -1.96. The van der Waals surface area contributed by atoms with E-state index < -0.39 is 0 Å². The first kappa shape index (κ1) is 12.6. The van der Waals surface area contributed by atoms with Crippen molar-refractivity contribution in [3.05, 3.63) is 0 Å². The summed E-state index contributed by atoms with van der Waals surface area (Å²) in [5, 5.41) is 0. The third-order valence-corrected chi connectivity index (χ3v) is 1.56. The highest BCUT2D eigenvalue weighted by atomic mass is 14.5. The number of hydrogen-bond donors (Lipinski definition) is 1. The molecular weight excluding hydrogens is 124 g/mol. The van der Waals surface area contributed by atoms with Crippen LogP contribution in [0.25, 0.3) is 0 Å². The van der Waals surface area contributed by atoms with Gasteiger partial charge in [0.1, 0.15) is 0 Å². The van der Waals surface area contributed by atoms with Crippen LogP contribution < -0.4 is 11.9 Å². The molecule has 0 amide bonds. The fraction of sp³-hybridized carbons (Fsp3) is 1.00. The number of nitrogens with zero attached hydrogens (tertiary/aromatic N) is 1. The Kier molecular flexibility index (Phi) is 14.7. The number of hydrogen-bond acceptors (Lipinski definition) is 1. The summed E-state index contributed by atoms with van der Waals surface area (Å²) < 4.78 is 0. The molecular formula is C8H19N2. The van der Waals surface area contributed by atoms with E-state index in [0.717, 1.165) is 6.54 Å². The molecule has 0 aromatic rings. The van der Waals surface area contributed by atoms with Crippen LogP contribution in [0.2, 0.25) is 0 Å². The van der Waals surface area contributed by atoms with Crippen LogP contribution in [0.3, 0.4) is 0 Å². The minimum atomic E-state index is 0. The van der Waals surface area contributed by atoms with Gasteiger partial charge in [0.15, 0.2) is 0 Å². The molecule has 0 aromatic heterocycles. The lowest BCUT2D eigenvalue weighted by atomic mass is 10.1. The normalized spacial score (nSPS) is 9.00. The third kappa shape index (κ3) is 10.8. The zero-order valence-corrected chi connectivity index (χ0v) is 6.97. The maximum atomic E-state index is 5.34. The molecule has 0 aliphatic heterocycles. The van der Waals surface area contributed by atoms with Crippen LogP contribution in [0.5, 0.6) is 0 Å². The summed E-state index contributed by atoms with van der Waals surface area (Å²) in [5.41, 5.74) is 5.34. The van der Waals surface area contributed by atoms with Crippen LogP contribution in [0.1, 0.15) is 45.4 Å². The van der Waals surface area contributed by atoms with E-state index in [0.29, 0.717) is 0 Å². The smallest absolute Gasteiger partial charge is 0 e. The predicted molar refractivity (Wildman–Crippen MR) is 44.6 cm³/mol. The molecule has 10 heavy (non-hydrogen) atoms. The van der Waals surface area contributed by atoms with Gasteiger partial charge < -0.3 is 5.73 Å². The van der Waals surface area contributed by atoms with Crippen molar-refractivity contribution in [3.8, 4) is 0 Å². The quantitative estimate of drug-likeness (QED) is 0.566. The van der Waals surface area contributed by atoms with Gasteiger partial charge in [-0.05, 0) is 13.0 Å². The van der Waals surface area contributed by atoms with Crippen molar-refractivity contribution in [2.24, 2.45) is 5.73 Å². The van der Waals surface area contributed by atoms with E-state index in [1.807, 2.05) is 0 Å². The highest BCUT2D eigenvalue weighted by Gasteiger charge is 1.85. The summed E-state index contributed by atoms with van der Waals surface area (Å²) in [6, 6.07) is 0. The maximum Gasteiger partial charge on any atom is 0 e. The summed E-state index contributed by atoms with van der Waals surface area (Å²) in [5.74, 6) is 0. The van der Waals surface area contributed by atoms with Crippen molar-refractivity contribution in [1.29, 1.82) is 0 Å². The summed E-state index contributed by atoms with van der Waals surface area (Å²) >= 11 is 0. The van der Waals surface area contributed by atoms with E-state index in [2.05, 4.69) is 6.92 Å². The van der Waals surface area contributed by atoms with Crippen LogP contribution in [0.4, 0.5) is 0 Å². The molecule has 0 aliphatic rings. The second-order valence-corrected chi connectivity index (χ2v) is 2.56. The lowest BCUT2D eigenvalue weighted by molar-refractivity contribution is 0.612. The predicted octanol–water partition coefficient (Wildman–Crippen LogP) is 1.82. The molecule has 0 unspecified atom stereocenters. The van der Waals surface area contributed by atoms with E-state index in [1.165, 1.54) is 38.5 Å². The van der Waals surface area contributed by atoms with Crippen LogP contribution in [-0.2, 0) is 0 Å². The van der Waals surface area contributed by atoms with Gasteiger partial charge in [0.25, 0.3) is 0 Å². The Balaban J connectivity index is 0.